The van der Waals surface area contributed by atoms with E-state index < -0.39 is 5.97 Å². The van der Waals surface area contributed by atoms with Gasteiger partial charge < -0.3 is 24.1 Å². The fourth-order valence-electron chi connectivity index (χ4n) is 7.15. The third-order valence-corrected chi connectivity index (χ3v) is 9.52. The van der Waals surface area contributed by atoms with E-state index in [2.05, 4.69) is 88.4 Å². The van der Waals surface area contributed by atoms with Crippen LogP contribution in [0.1, 0.15) is 114 Å². The van der Waals surface area contributed by atoms with E-state index in [9.17, 15) is 9.90 Å². The summed E-state index contributed by atoms with van der Waals surface area (Å²) in [5, 5.41) is 10.9. The first-order valence-corrected chi connectivity index (χ1v) is 18.9. The monoisotopic (exact) mass is 701 g/mol. The topological polar surface area (TPSA) is 87.1 Å². The highest BCUT2D eigenvalue weighted by Crippen LogP contribution is 2.41. The molecule has 0 atom stereocenters. The van der Waals surface area contributed by atoms with Crippen molar-refractivity contribution in [1.29, 1.82) is 0 Å². The molecule has 272 valence electrons. The van der Waals surface area contributed by atoms with Gasteiger partial charge in [0.25, 0.3) is 0 Å². The highest BCUT2D eigenvalue weighted by Gasteiger charge is 2.24. The SMILES string of the molecule is CCCOc1c2cccc1Cc1cccc(c1OCCC)Cc1c(OCCC)c(cc3nc(C)c(C(=O)O)cc13)Cc1cccc(c1OCCC)C2. The van der Waals surface area contributed by atoms with Gasteiger partial charge in [-0.25, -0.2) is 4.79 Å². The number of hydrogen-bond donors (Lipinski definition) is 1. The molecule has 0 radical (unpaired) electrons. The number of rotatable bonds is 13. The summed E-state index contributed by atoms with van der Waals surface area (Å²) in [6.07, 6.45) is 5.78. The third-order valence-electron chi connectivity index (χ3n) is 9.52. The van der Waals surface area contributed by atoms with E-state index in [1.807, 2.05) is 0 Å². The van der Waals surface area contributed by atoms with Crippen LogP contribution in [0.3, 0.4) is 0 Å². The quantitative estimate of drug-likeness (QED) is 0.128. The van der Waals surface area contributed by atoms with Crippen LogP contribution in [0.2, 0.25) is 0 Å². The van der Waals surface area contributed by atoms with Gasteiger partial charge in [0.05, 0.1) is 43.2 Å². The number of nitrogens with zero attached hydrogens (tertiary/aromatic N) is 1. The molecule has 1 aliphatic carbocycles. The van der Waals surface area contributed by atoms with E-state index in [4.69, 9.17) is 23.9 Å². The first kappa shape index (κ1) is 36.7. The van der Waals surface area contributed by atoms with Gasteiger partial charge in [-0.3, -0.25) is 4.98 Å². The fraction of sp³-hybridized carbons (Fsp3) is 0.378. The number of carbonyl (C=O) groups is 1. The fourth-order valence-corrected chi connectivity index (χ4v) is 7.15. The van der Waals surface area contributed by atoms with Crippen molar-refractivity contribution in [3.63, 3.8) is 0 Å². The first-order chi connectivity index (χ1) is 25.4. The molecule has 6 rings (SSSR count). The maximum absolute atomic E-state index is 12.4. The summed E-state index contributed by atoms with van der Waals surface area (Å²) in [4.78, 5) is 17.3. The Morgan fingerprint density at radius 1 is 0.577 bits per heavy atom. The van der Waals surface area contributed by atoms with Crippen LogP contribution in [0.5, 0.6) is 23.0 Å². The van der Waals surface area contributed by atoms with E-state index in [1.54, 1.807) is 13.0 Å². The van der Waals surface area contributed by atoms with Crippen molar-refractivity contribution >= 4 is 16.9 Å². The lowest BCUT2D eigenvalue weighted by Crippen LogP contribution is -2.11. The summed E-state index contributed by atoms with van der Waals surface area (Å²) in [5.74, 6) is 2.42. The molecule has 0 amide bonds. The van der Waals surface area contributed by atoms with Crippen molar-refractivity contribution in [1.82, 2.24) is 4.98 Å². The van der Waals surface area contributed by atoms with E-state index in [0.717, 1.165) is 104 Å². The Balaban J connectivity index is 1.69. The zero-order valence-electron chi connectivity index (χ0n) is 31.3. The molecule has 0 saturated heterocycles. The number of aryl methyl sites for hydroxylation is 1. The second kappa shape index (κ2) is 17.0. The molecule has 0 fully saturated rings. The number of pyridine rings is 1. The van der Waals surface area contributed by atoms with Crippen LogP contribution in [0, 0.1) is 6.92 Å². The number of carboxylic acid groups (broad SMARTS) is 1. The first-order valence-electron chi connectivity index (χ1n) is 18.9. The predicted octanol–water partition coefficient (Wildman–Crippen LogP) is 10.1. The van der Waals surface area contributed by atoms with Crippen molar-refractivity contribution in [2.75, 3.05) is 26.4 Å². The summed E-state index contributed by atoms with van der Waals surface area (Å²) in [6.45, 7) is 12.5. The molecule has 0 saturated carbocycles. The van der Waals surface area contributed by atoms with Gasteiger partial charge in [0.15, 0.2) is 0 Å². The van der Waals surface area contributed by atoms with Crippen molar-refractivity contribution in [3.05, 3.63) is 122 Å². The molecule has 8 bridgehead atoms. The summed E-state index contributed by atoms with van der Waals surface area (Å²) in [5.41, 5.74) is 9.76. The second-order valence-corrected chi connectivity index (χ2v) is 13.7. The summed E-state index contributed by atoms with van der Waals surface area (Å²) in [7, 11) is 0. The van der Waals surface area contributed by atoms with Gasteiger partial charge in [0.1, 0.15) is 23.0 Å². The van der Waals surface area contributed by atoms with Crippen molar-refractivity contribution in [3.8, 4) is 23.0 Å². The van der Waals surface area contributed by atoms with E-state index in [-0.39, 0.29) is 5.56 Å². The normalized spacial score (nSPS) is 12.4. The van der Waals surface area contributed by atoms with Gasteiger partial charge in [0.2, 0.25) is 0 Å². The smallest absolute Gasteiger partial charge is 0.337 e. The molecule has 4 aromatic carbocycles. The number of aromatic carboxylic acids is 1. The molecule has 0 unspecified atom stereocenters. The van der Waals surface area contributed by atoms with Crippen LogP contribution in [0.4, 0.5) is 0 Å². The summed E-state index contributed by atoms with van der Waals surface area (Å²) in [6, 6.07) is 23.1. The third kappa shape index (κ3) is 7.89. The van der Waals surface area contributed by atoms with Crippen LogP contribution < -0.4 is 18.9 Å². The molecule has 0 aliphatic heterocycles. The van der Waals surface area contributed by atoms with Crippen LogP contribution in [0.25, 0.3) is 10.9 Å². The zero-order chi connectivity index (χ0) is 36.6. The molecular formula is C45H51NO6. The lowest BCUT2D eigenvalue weighted by atomic mass is 9.89. The Kier molecular flexibility index (Phi) is 12.0. The number of carboxylic acids is 1. The molecule has 7 nitrogen and oxygen atoms in total. The number of hydrogen-bond acceptors (Lipinski definition) is 6. The molecular weight excluding hydrogens is 650 g/mol. The van der Waals surface area contributed by atoms with Gasteiger partial charge in [-0.1, -0.05) is 82.3 Å². The maximum Gasteiger partial charge on any atom is 0.337 e. The average Bonchev–Trinajstić information content (AvgIpc) is 3.13. The Morgan fingerprint density at radius 3 is 1.37 bits per heavy atom. The lowest BCUT2D eigenvalue weighted by molar-refractivity contribution is 0.0695. The zero-order valence-corrected chi connectivity index (χ0v) is 31.3. The number of para-hydroxylation sites is 3. The van der Waals surface area contributed by atoms with Gasteiger partial charge in [-0.2, -0.15) is 0 Å². The molecule has 0 spiro atoms. The summed E-state index contributed by atoms with van der Waals surface area (Å²) >= 11 is 0. The standard InChI is InChI=1S/C45H51NO6/c1-6-19-49-41-30-13-10-14-31(41)24-33-16-12-18-35(43(33)51-21-8-3)26-39-38-28-37(45(47)48)29(5)46-40(38)27-36(44(39)52-22-9-4)25-34-17-11-15-32(23-30)42(34)50-20-7-2/h10-18,27-28H,6-9,19-26H2,1-5H3,(H,47,48). The van der Waals surface area contributed by atoms with Crippen LogP contribution in [-0.2, 0) is 25.7 Å². The molecule has 1 aliphatic rings. The number of fused-ring (bicyclic) bond motifs is 10. The molecule has 7 heteroatoms. The van der Waals surface area contributed by atoms with Crippen LogP contribution >= 0.6 is 0 Å². The Bertz CT molecular complexity index is 2050. The average molecular weight is 702 g/mol. The lowest BCUT2D eigenvalue weighted by Gasteiger charge is -2.23. The Labute approximate surface area is 307 Å². The molecule has 1 heterocycles. The van der Waals surface area contributed by atoms with Crippen LogP contribution in [-0.4, -0.2) is 42.5 Å². The molecule has 1 N–H and O–H groups in total. The van der Waals surface area contributed by atoms with E-state index in [0.29, 0.717) is 57.8 Å². The Morgan fingerprint density at radius 2 is 0.962 bits per heavy atom. The largest absolute Gasteiger partial charge is 0.493 e. The predicted molar refractivity (Wildman–Crippen MR) is 207 cm³/mol. The van der Waals surface area contributed by atoms with Gasteiger partial charge >= 0.3 is 5.97 Å². The van der Waals surface area contributed by atoms with Gasteiger partial charge in [-0.05, 0) is 78.1 Å². The minimum atomic E-state index is -1.00. The van der Waals surface area contributed by atoms with Gasteiger partial charge in [0, 0.05) is 42.2 Å². The maximum atomic E-state index is 12.4. The van der Waals surface area contributed by atoms with Crippen molar-refractivity contribution < 1.29 is 28.8 Å². The molecule has 1 aromatic heterocycles. The molecule has 52 heavy (non-hydrogen) atoms. The minimum absolute atomic E-state index is 0.184. The highest BCUT2D eigenvalue weighted by atomic mass is 16.5. The van der Waals surface area contributed by atoms with E-state index >= 15 is 0 Å². The summed E-state index contributed by atoms with van der Waals surface area (Å²) < 4.78 is 26.5. The van der Waals surface area contributed by atoms with Crippen LogP contribution in [0.15, 0.2) is 66.7 Å². The Hall–Kier alpha value is -5.04. The number of aromatic nitrogens is 1. The molecule has 5 aromatic rings. The van der Waals surface area contributed by atoms with Crippen molar-refractivity contribution in [2.45, 2.75) is 86.0 Å². The van der Waals surface area contributed by atoms with Gasteiger partial charge in [-0.15, -0.1) is 0 Å². The number of benzene rings is 4. The highest BCUT2D eigenvalue weighted by molar-refractivity contribution is 5.96. The van der Waals surface area contributed by atoms with Crippen molar-refractivity contribution in [2.24, 2.45) is 0 Å². The second-order valence-electron chi connectivity index (χ2n) is 13.7. The van der Waals surface area contributed by atoms with E-state index in [1.165, 1.54) is 0 Å². The minimum Gasteiger partial charge on any atom is -0.493 e. The number of ether oxygens (including phenoxy) is 4.